The van der Waals surface area contributed by atoms with Gasteiger partial charge in [0, 0.05) is 6.61 Å². The zero-order valence-corrected chi connectivity index (χ0v) is 10.3. The van der Waals surface area contributed by atoms with Gasteiger partial charge in [0.05, 0.1) is 19.8 Å². The minimum atomic E-state index is 0.00394. The van der Waals surface area contributed by atoms with E-state index in [0.717, 1.165) is 24.2 Å². The van der Waals surface area contributed by atoms with Crippen LogP contribution in [-0.2, 0) is 11.3 Å². The summed E-state index contributed by atoms with van der Waals surface area (Å²) in [6.07, 6.45) is 3.32. The lowest BCUT2D eigenvalue weighted by Gasteiger charge is -2.13. The van der Waals surface area contributed by atoms with Gasteiger partial charge in [-0.3, -0.25) is 0 Å². The van der Waals surface area contributed by atoms with Gasteiger partial charge in [0.15, 0.2) is 0 Å². The topological polar surface area (TPSA) is 38.7 Å². The summed E-state index contributed by atoms with van der Waals surface area (Å²) in [5.41, 5.74) is 1.10. The third-order valence-corrected chi connectivity index (χ3v) is 2.53. The molecular weight excluding hydrogens is 216 g/mol. The van der Waals surface area contributed by atoms with E-state index in [2.05, 4.69) is 6.58 Å². The van der Waals surface area contributed by atoms with Gasteiger partial charge in [0.25, 0.3) is 0 Å². The first-order chi connectivity index (χ1) is 8.30. The van der Waals surface area contributed by atoms with Crippen LogP contribution in [0.4, 0.5) is 0 Å². The fourth-order valence-electron chi connectivity index (χ4n) is 1.49. The summed E-state index contributed by atoms with van der Waals surface area (Å²) in [5.74, 6) is 0.842. The van der Waals surface area contributed by atoms with Gasteiger partial charge >= 0.3 is 0 Å². The van der Waals surface area contributed by atoms with E-state index in [4.69, 9.17) is 14.6 Å². The molecule has 0 bridgehead atoms. The maximum atomic E-state index is 8.75. The molecule has 0 unspecified atom stereocenters. The Labute approximate surface area is 103 Å². The summed E-state index contributed by atoms with van der Waals surface area (Å²) in [6.45, 7) is 4.47. The molecule has 0 radical (unpaired) electrons. The molecule has 0 aliphatic rings. The summed E-state index contributed by atoms with van der Waals surface area (Å²) in [4.78, 5) is 0. The van der Waals surface area contributed by atoms with Gasteiger partial charge in [0.1, 0.15) is 5.75 Å². The molecule has 1 N–H and O–H groups in total. The highest BCUT2D eigenvalue weighted by Crippen LogP contribution is 2.13. The summed E-state index contributed by atoms with van der Waals surface area (Å²) < 4.78 is 10.8. The predicted molar refractivity (Wildman–Crippen MR) is 68.1 cm³/mol. The quantitative estimate of drug-likeness (QED) is 0.705. The van der Waals surface area contributed by atoms with Crippen LogP contribution >= 0.6 is 0 Å². The zero-order valence-electron chi connectivity index (χ0n) is 10.3. The maximum absolute atomic E-state index is 8.75. The molecule has 0 amide bonds. The van der Waals surface area contributed by atoms with Gasteiger partial charge in [-0.25, -0.2) is 0 Å². The van der Waals surface area contributed by atoms with Crippen molar-refractivity contribution in [1.82, 2.24) is 0 Å². The van der Waals surface area contributed by atoms with Crippen LogP contribution in [0.3, 0.4) is 0 Å². The zero-order chi connectivity index (χ0) is 12.5. The van der Waals surface area contributed by atoms with E-state index in [1.165, 1.54) is 0 Å². The van der Waals surface area contributed by atoms with E-state index in [0.29, 0.717) is 6.61 Å². The van der Waals surface area contributed by atoms with Crippen LogP contribution in [0.25, 0.3) is 0 Å². The highest BCUT2D eigenvalue weighted by molar-refractivity contribution is 5.26. The number of hydrogen-bond donors (Lipinski definition) is 1. The largest absolute Gasteiger partial charge is 0.497 e. The van der Waals surface area contributed by atoms with Crippen molar-refractivity contribution in [1.29, 1.82) is 0 Å². The minimum Gasteiger partial charge on any atom is -0.497 e. The fraction of sp³-hybridized carbons (Fsp3) is 0.429. The molecule has 3 nitrogen and oxygen atoms in total. The molecule has 1 rings (SSSR count). The number of ether oxygens (including phenoxy) is 2. The van der Waals surface area contributed by atoms with Crippen molar-refractivity contribution in [2.75, 3.05) is 13.7 Å². The van der Waals surface area contributed by atoms with E-state index < -0.39 is 0 Å². The minimum absolute atomic E-state index is 0.00394. The molecule has 0 spiro atoms. The van der Waals surface area contributed by atoms with Crippen LogP contribution in [0.2, 0.25) is 0 Å². The molecule has 0 aliphatic heterocycles. The first-order valence-electron chi connectivity index (χ1n) is 5.78. The van der Waals surface area contributed by atoms with Crippen LogP contribution < -0.4 is 4.74 Å². The van der Waals surface area contributed by atoms with E-state index in [9.17, 15) is 0 Å². The summed E-state index contributed by atoms with van der Waals surface area (Å²) >= 11 is 0. The van der Waals surface area contributed by atoms with Crippen molar-refractivity contribution in [3.8, 4) is 5.75 Å². The van der Waals surface area contributed by atoms with Crippen LogP contribution in [0.15, 0.2) is 36.9 Å². The molecule has 1 aromatic carbocycles. The van der Waals surface area contributed by atoms with Crippen molar-refractivity contribution in [3.63, 3.8) is 0 Å². The number of methoxy groups -OCH3 is 1. The third-order valence-electron chi connectivity index (χ3n) is 2.53. The van der Waals surface area contributed by atoms with Crippen LogP contribution in [0.5, 0.6) is 5.75 Å². The Bertz CT molecular complexity index is 319. The second kappa shape index (κ2) is 7.87. The van der Waals surface area contributed by atoms with Gasteiger partial charge in [-0.1, -0.05) is 18.2 Å². The first-order valence-corrected chi connectivity index (χ1v) is 5.78. The Hall–Kier alpha value is -1.32. The van der Waals surface area contributed by atoms with Crippen LogP contribution in [0.1, 0.15) is 18.4 Å². The fourth-order valence-corrected chi connectivity index (χ4v) is 1.49. The summed E-state index contributed by atoms with van der Waals surface area (Å²) in [7, 11) is 1.65. The molecule has 1 atom stereocenters. The van der Waals surface area contributed by atoms with Gasteiger partial charge in [-0.05, 0) is 30.5 Å². The molecule has 1 aromatic rings. The smallest absolute Gasteiger partial charge is 0.118 e. The Kier molecular flexibility index (Phi) is 6.37. The summed E-state index contributed by atoms with van der Waals surface area (Å²) in [6, 6.07) is 7.78. The molecule has 0 aliphatic carbocycles. The average Bonchev–Trinajstić information content (AvgIpc) is 2.39. The van der Waals surface area contributed by atoms with Crippen molar-refractivity contribution in [3.05, 3.63) is 42.5 Å². The molecule has 0 saturated carbocycles. The number of aliphatic hydroxyl groups excluding tert-OH is 1. The molecular formula is C14H20O3. The van der Waals surface area contributed by atoms with Gasteiger partial charge in [-0.2, -0.15) is 0 Å². The Balaban J connectivity index is 2.39. The lowest BCUT2D eigenvalue weighted by molar-refractivity contribution is 0.0618. The number of hydrogen-bond acceptors (Lipinski definition) is 3. The van der Waals surface area contributed by atoms with Gasteiger partial charge in [-0.15, -0.1) is 6.58 Å². The van der Waals surface area contributed by atoms with Crippen molar-refractivity contribution in [2.24, 2.45) is 0 Å². The first kappa shape index (κ1) is 13.7. The maximum Gasteiger partial charge on any atom is 0.118 e. The highest BCUT2D eigenvalue weighted by Gasteiger charge is 2.04. The van der Waals surface area contributed by atoms with Crippen molar-refractivity contribution < 1.29 is 14.6 Å². The second-order valence-corrected chi connectivity index (χ2v) is 3.80. The second-order valence-electron chi connectivity index (χ2n) is 3.80. The molecule has 17 heavy (non-hydrogen) atoms. The molecule has 0 saturated heterocycles. The molecule has 3 heteroatoms. The van der Waals surface area contributed by atoms with E-state index >= 15 is 0 Å². The number of rotatable bonds is 8. The van der Waals surface area contributed by atoms with Gasteiger partial charge < -0.3 is 14.6 Å². The summed E-state index contributed by atoms with van der Waals surface area (Å²) in [5, 5.41) is 8.75. The standard InChI is InChI=1S/C14H20O3/c1-3-13(5-4-10-15)17-11-12-6-8-14(16-2)9-7-12/h3,6-9,13,15H,1,4-5,10-11H2,2H3/t13-/m0/s1. The van der Waals surface area contributed by atoms with E-state index in [-0.39, 0.29) is 12.7 Å². The predicted octanol–water partition coefficient (Wildman–Crippen LogP) is 2.54. The highest BCUT2D eigenvalue weighted by atomic mass is 16.5. The Morgan fingerprint density at radius 1 is 1.35 bits per heavy atom. The lowest BCUT2D eigenvalue weighted by atomic mass is 10.2. The van der Waals surface area contributed by atoms with Crippen molar-refractivity contribution >= 4 is 0 Å². The molecule has 0 aromatic heterocycles. The van der Waals surface area contributed by atoms with Gasteiger partial charge in [0.2, 0.25) is 0 Å². The monoisotopic (exact) mass is 236 g/mol. The SMILES string of the molecule is C=C[C@@H](CCCO)OCc1ccc(OC)cc1. The molecule has 0 fully saturated rings. The van der Waals surface area contributed by atoms with Crippen molar-refractivity contribution in [2.45, 2.75) is 25.6 Å². The average molecular weight is 236 g/mol. The Morgan fingerprint density at radius 3 is 2.59 bits per heavy atom. The Morgan fingerprint density at radius 2 is 2.06 bits per heavy atom. The van der Waals surface area contributed by atoms with Crippen LogP contribution in [-0.4, -0.2) is 24.9 Å². The van der Waals surface area contributed by atoms with E-state index in [1.54, 1.807) is 13.2 Å². The molecule has 0 heterocycles. The van der Waals surface area contributed by atoms with Crippen LogP contribution in [0, 0.1) is 0 Å². The number of aliphatic hydroxyl groups is 1. The molecule has 94 valence electrons. The number of benzene rings is 1. The third kappa shape index (κ3) is 5.02. The van der Waals surface area contributed by atoms with E-state index in [1.807, 2.05) is 24.3 Å². The normalized spacial score (nSPS) is 12.1. The lowest BCUT2D eigenvalue weighted by Crippen LogP contribution is -2.10.